The van der Waals surface area contributed by atoms with Crippen LogP contribution in [-0.2, 0) is 9.53 Å². The molecule has 6 heteroatoms. The molecule has 1 amide bonds. The molecule has 0 radical (unpaired) electrons. The van der Waals surface area contributed by atoms with Gasteiger partial charge in [-0.1, -0.05) is 68.8 Å². The van der Waals surface area contributed by atoms with E-state index >= 15 is 0 Å². The van der Waals surface area contributed by atoms with Crippen LogP contribution in [0.4, 0.5) is 0 Å². The topological polar surface area (TPSA) is 59.5 Å². The maximum atomic E-state index is 13.2. The van der Waals surface area contributed by atoms with E-state index in [0.717, 1.165) is 31.4 Å². The summed E-state index contributed by atoms with van der Waals surface area (Å²) in [7, 11) is 0. The number of benzene rings is 2. The molecule has 1 saturated carbocycles. The van der Waals surface area contributed by atoms with Crippen LogP contribution in [0.2, 0.25) is 5.02 Å². The van der Waals surface area contributed by atoms with Gasteiger partial charge < -0.3 is 9.64 Å². The molecule has 2 heterocycles. The standard InChI is InChI=1S/C28H29ClN2O3/c1-27(2)13-18-14-28(3,16-27)17-31(18)25(32)15-34-26(33)21-12-24(20-9-4-6-10-22(20)29)30-23-11-7-5-8-19(21)23/h4-12,18H,13-17H2,1-3H3. The molecule has 1 aromatic heterocycles. The van der Waals surface area contributed by atoms with E-state index in [-0.39, 0.29) is 29.4 Å². The third-order valence-corrected chi connectivity index (χ3v) is 7.48. The highest BCUT2D eigenvalue weighted by molar-refractivity contribution is 6.33. The molecular weight excluding hydrogens is 448 g/mol. The maximum absolute atomic E-state index is 13.2. The fraction of sp³-hybridized carbons (Fsp3) is 0.393. The Labute approximate surface area is 205 Å². The minimum Gasteiger partial charge on any atom is -0.452 e. The fourth-order valence-electron chi connectivity index (χ4n) is 6.19. The number of carbonyl (C=O) groups is 2. The number of para-hydroxylation sites is 1. The minimum absolute atomic E-state index is 0.121. The summed E-state index contributed by atoms with van der Waals surface area (Å²) < 4.78 is 5.57. The summed E-state index contributed by atoms with van der Waals surface area (Å²) >= 11 is 6.39. The van der Waals surface area contributed by atoms with Crippen LogP contribution in [0.15, 0.2) is 54.6 Å². The monoisotopic (exact) mass is 476 g/mol. The molecule has 2 atom stereocenters. The van der Waals surface area contributed by atoms with Crippen molar-refractivity contribution >= 4 is 34.4 Å². The van der Waals surface area contributed by atoms with Crippen molar-refractivity contribution in [1.29, 1.82) is 0 Å². The van der Waals surface area contributed by atoms with Gasteiger partial charge in [0.25, 0.3) is 5.91 Å². The normalized spacial score (nSPS) is 23.2. The highest BCUT2D eigenvalue weighted by atomic mass is 35.5. The number of esters is 1. The van der Waals surface area contributed by atoms with Crippen molar-refractivity contribution in [2.45, 2.75) is 46.1 Å². The Hall–Kier alpha value is -2.92. The van der Waals surface area contributed by atoms with Gasteiger partial charge in [0.15, 0.2) is 6.61 Å². The first kappa shape index (κ1) is 22.9. The summed E-state index contributed by atoms with van der Waals surface area (Å²) in [6, 6.07) is 16.7. The lowest BCUT2D eigenvalue weighted by atomic mass is 9.65. The Balaban J connectivity index is 1.38. The van der Waals surface area contributed by atoms with Crippen LogP contribution in [-0.4, -0.2) is 41.0 Å². The number of fused-ring (bicyclic) bond motifs is 3. The molecule has 2 unspecified atom stereocenters. The molecule has 2 aliphatic rings. The predicted octanol–water partition coefficient (Wildman–Crippen LogP) is 6.14. The molecule has 34 heavy (non-hydrogen) atoms. The van der Waals surface area contributed by atoms with E-state index in [1.807, 2.05) is 47.4 Å². The number of amides is 1. The molecule has 0 N–H and O–H groups in total. The molecule has 2 fully saturated rings. The molecule has 5 rings (SSSR count). The van der Waals surface area contributed by atoms with E-state index in [1.54, 1.807) is 12.1 Å². The lowest BCUT2D eigenvalue weighted by molar-refractivity contribution is -0.135. The van der Waals surface area contributed by atoms with Crippen molar-refractivity contribution in [3.8, 4) is 11.3 Å². The number of likely N-dealkylation sites (tertiary alicyclic amines) is 1. The highest BCUT2D eigenvalue weighted by Crippen LogP contribution is 2.52. The Kier molecular flexibility index (Phi) is 5.64. The van der Waals surface area contributed by atoms with Crippen molar-refractivity contribution in [2.75, 3.05) is 13.2 Å². The summed E-state index contributed by atoms with van der Waals surface area (Å²) in [5, 5.41) is 1.23. The third kappa shape index (κ3) is 4.29. The van der Waals surface area contributed by atoms with Gasteiger partial charge in [0.05, 0.1) is 16.8 Å². The predicted molar refractivity (Wildman–Crippen MR) is 134 cm³/mol. The average molecular weight is 477 g/mol. The van der Waals surface area contributed by atoms with Gasteiger partial charge in [0, 0.05) is 28.6 Å². The van der Waals surface area contributed by atoms with Crippen LogP contribution in [0.1, 0.15) is 50.4 Å². The third-order valence-electron chi connectivity index (χ3n) is 7.15. The Bertz CT molecular complexity index is 1290. The maximum Gasteiger partial charge on any atom is 0.339 e. The zero-order valence-electron chi connectivity index (χ0n) is 19.8. The van der Waals surface area contributed by atoms with Gasteiger partial charge in [0.1, 0.15) is 0 Å². The zero-order valence-corrected chi connectivity index (χ0v) is 20.6. The van der Waals surface area contributed by atoms with Gasteiger partial charge >= 0.3 is 5.97 Å². The molecule has 176 valence electrons. The summed E-state index contributed by atoms with van der Waals surface area (Å²) in [6.45, 7) is 7.28. The number of halogens is 1. The van der Waals surface area contributed by atoms with E-state index in [0.29, 0.717) is 27.2 Å². The summed E-state index contributed by atoms with van der Waals surface area (Å²) in [6.07, 6.45) is 3.11. The Morgan fingerprint density at radius 3 is 2.62 bits per heavy atom. The first-order valence-corrected chi connectivity index (χ1v) is 12.1. The van der Waals surface area contributed by atoms with Crippen LogP contribution in [0.3, 0.4) is 0 Å². The van der Waals surface area contributed by atoms with E-state index in [2.05, 4.69) is 20.8 Å². The molecule has 1 aliphatic carbocycles. The van der Waals surface area contributed by atoms with Crippen molar-refractivity contribution in [3.63, 3.8) is 0 Å². The number of rotatable bonds is 4. The van der Waals surface area contributed by atoms with Crippen LogP contribution in [0.5, 0.6) is 0 Å². The molecular formula is C28H29ClN2O3. The number of nitrogens with zero attached hydrogens (tertiary/aromatic N) is 2. The van der Waals surface area contributed by atoms with Gasteiger partial charge in [-0.05, 0) is 48.3 Å². The highest BCUT2D eigenvalue weighted by Gasteiger charge is 2.50. The van der Waals surface area contributed by atoms with Crippen LogP contribution < -0.4 is 0 Å². The second-order valence-electron chi connectivity index (χ2n) is 10.9. The van der Waals surface area contributed by atoms with E-state index in [9.17, 15) is 9.59 Å². The van der Waals surface area contributed by atoms with E-state index in [4.69, 9.17) is 21.3 Å². The van der Waals surface area contributed by atoms with Crippen molar-refractivity contribution in [1.82, 2.24) is 9.88 Å². The Morgan fingerprint density at radius 1 is 1.09 bits per heavy atom. The minimum atomic E-state index is -0.533. The van der Waals surface area contributed by atoms with Gasteiger partial charge in [-0.3, -0.25) is 4.79 Å². The molecule has 2 bridgehead atoms. The summed E-state index contributed by atoms with van der Waals surface area (Å²) in [5.41, 5.74) is 2.72. The second kappa shape index (κ2) is 8.38. The van der Waals surface area contributed by atoms with E-state index < -0.39 is 5.97 Å². The van der Waals surface area contributed by atoms with Gasteiger partial charge in [-0.25, -0.2) is 9.78 Å². The molecule has 2 aromatic carbocycles. The Morgan fingerprint density at radius 2 is 1.82 bits per heavy atom. The molecule has 0 spiro atoms. The second-order valence-corrected chi connectivity index (χ2v) is 11.3. The fourth-order valence-corrected chi connectivity index (χ4v) is 6.42. The van der Waals surface area contributed by atoms with Crippen LogP contribution in [0, 0.1) is 10.8 Å². The molecule has 1 saturated heterocycles. The molecule has 5 nitrogen and oxygen atoms in total. The number of ether oxygens (including phenoxy) is 1. The lowest BCUT2D eigenvalue weighted by Gasteiger charge is -2.39. The molecule has 1 aliphatic heterocycles. The van der Waals surface area contributed by atoms with Gasteiger partial charge in [-0.2, -0.15) is 0 Å². The smallest absolute Gasteiger partial charge is 0.339 e. The van der Waals surface area contributed by atoms with Gasteiger partial charge in [0.2, 0.25) is 0 Å². The summed E-state index contributed by atoms with van der Waals surface area (Å²) in [5.74, 6) is -0.654. The van der Waals surface area contributed by atoms with Crippen molar-refractivity contribution in [3.05, 3.63) is 65.2 Å². The molecule has 3 aromatic rings. The van der Waals surface area contributed by atoms with Crippen LogP contribution in [0.25, 0.3) is 22.2 Å². The van der Waals surface area contributed by atoms with Crippen LogP contribution >= 0.6 is 11.6 Å². The average Bonchev–Trinajstić information content (AvgIpc) is 3.05. The first-order chi connectivity index (χ1) is 16.1. The first-order valence-electron chi connectivity index (χ1n) is 11.8. The lowest BCUT2D eigenvalue weighted by Crippen LogP contribution is -2.39. The number of pyridine rings is 1. The van der Waals surface area contributed by atoms with Crippen molar-refractivity contribution in [2.24, 2.45) is 10.8 Å². The van der Waals surface area contributed by atoms with Gasteiger partial charge in [-0.15, -0.1) is 0 Å². The van der Waals surface area contributed by atoms with E-state index in [1.165, 1.54) is 0 Å². The number of aromatic nitrogens is 1. The number of carbonyl (C=O) groups excluding carboxylic acids is 2. The quantitative estimate of drug-likeness (QED) is 0.424. The number of hydrogen-bond donors (Lipinski definition) is 0. The SMILES string of the molecule is CC1(C)CC2CC(C)(CN2C(=O)COC(=O)c2cc(-c3ccccc3Cl)nc3ccccc23)C1. The summed E-state index contributed by atoms with van der Waals surface area (Å²) in [4.78, 5) is 32.9. The zero-order chi connectivity index (χ0) is 24.1. The largest absolute Gasteiger partial charge is 0.452 e. The number of hydrogen-bond acceptors (Lipinski definition) is 4. The van der Waals surface area contributed by atoms with Crippen molar-refractivity contribution < 1.29 is 14.3 Å².